The first kappa shape index (κ1) is 21.4. The zero-order valence-electron chi connectivity index (χ0n) is 14.7. The minimum absolute atomic E-state index is 0. The lowest BCUT2D eigenvalue weighted by Crippen LogP contribution is -2.42. The Morgan fingerprint density at radius 2 is 2.00 bits per heavy atom. The summed E-state index contributed by atoms with van der Waals surface area (Å²) >= 11 is 1.76. The van der Waals surface area contributed by atoms with E-state index in [2.05, 4.69) is 47.0 Å². The van der Waals surface area contributed by atoms with Crippen molar-refractivity contribution >= 4 is 47.2 Å². The molecule has 0 fully saturated rings. The Balaban J connectivity index is 0.00000312. The number of hydrogen-bond acceptors (Lipinski definition) is 3. The molecule has 0 aliphatic rings. The minimum atomic E-state index is -0.419. The van der Waals surface area contributed by atoms with Gasteiger partial charge in [-0.2, -0.15) is 0 Å². The van der Waals surface area contributed by atoms with Crippen molar-refractivity contribution in [1.82, 2.24) is 10.6 Å². The summed E-state index contributed by atoms with van der Waals surface area (Å²) in [6, 6.07) is 11.5. The Morgan fingerprint density at radius 1 is 1.24 bits per heavy atom. The molecule has 136 valence electrons. The highest BCUT2D eigenvalue weighted by Gasteiger charge is 2.21. The fourth-order valence-electron chi connectivity index (χ4n) is 2.30. The Bertz CT molecular complexity index is 714. The highest BCUT2D eigenvalue weighted by atomic mass is 127. The normalized spacial score (nSPS) is 11.6. The molecule has 1 aromatic carbocycles. The van der Waals surface area contributed by atoms with Crippen LogP contribution in [0.3, 0.4) is 0 Å². The highest BCUT2D eigenvalue weighted by molar-refractivity contribution is 14.0. The molecular weight excluding hydrogens is 447 g/mol. The molecule has 1 heterocycles. The van der Waals surface area contributed by atoms with E-state index < -0.39 is 5.91 Å². The molecule has 5 nitrogen and oxygen atoms in total. The number of halogens is 1. The molecule has 0 aliphatic heterocycles. The standard InChI is InChI=1S/C18H24N4OS.HI/c1-18(2,15-8-5-9-24-15)12-22-17(20-3)21-11-13-6-4-7-14(10-13)16(19)23;/h4-10H,11-12H2,1-3H3,(H2,19,23)(H2,20,21,22);1H. The lowest BCUT2D eigenvalue weighted by Gasteiger charge is -2.25. The van der Waals surface area contributed by atoms with Gasteiger partial charge in [0.1, 0.15) is 0 Å². The Morgan fingerprint density at radius 3 is 2.60 bits per heavy atom. The van der Waals surface area contributed by atoms with Crippen molar-refractivity contribution in [3.8, 4) is 0 Å². The molecule has 7 heteroatoms. The number of nitrogens with two attached hydrogens (primary N) is 1. The van der Waals surface area contributed by atoms with Gasteiger partial charge in [0.05, 0.1) is 0 Å². The van der Waals surface area contributed by atoms with Gasteiger partial charge in [0.25, 0.3) is 0 Å². The maximum absolute atomic E-state index is 11.2. The van der Waals surface area contributed by atoms with Crippen molar-refractivity contribution in [1.29, 1.82) is 0 Å². The maximum Gasteiger partial charge on any atom is 0.248 e. The van der Waals surface area contributed by atoms with Crippen LogP contribution in [0.2, 0.25) is 0 Å². The summed E-state index contributed by atoms with van der Waals surface area (Å²) in [4.78, 5) is 16.8. The van der Waals surface area contributed by atoms with E-state index >= 15 is 0 Å². The van der Waals surface area contributed by atoms with Crippen molar-refractivity contribution in [2.75, 3.05) is 13.6 Å². The smallest absolute Gasteiger partial charge is 0.248 e. The van der Waals surface area contributed by atoms with E-state index in [1.165, 1.54) is 4.88 Å². The van der Waals surface area contributed by atoms with Crippen LogP contribution in [-0.4, -0.2) is 25.5 Å². The number of carbonyl (C=O) groups excluding carboxylic acids is 1. The van der Waals surface area contributed by atoms with Crippen molar-refractivity contribution in [2.45, 2.75) is 25.8 Å². The molecule has 0 radical (unpaired) electrons. The summed E-state index contributed by atoms with van der Waals surface area (Å²) in [6.07, 6.45) is 0. The third kappa shape index (κ3) is 6.32. The number of rotatable bonds is 6. The molecule has 0 saturated carbocycles. The van der Waals surface area contributed by atoms with Crippen LogP contribution in [-0.2, 0) is 12.0 Å². The number of aliphatic imine (C=N–C) groups is 1. The second-order valence-corrected chi connectivity index (χ2v) is 7.15. The SMILES string of the molecule is CN=C(NCc1cccc(C(N)=O)c1)NCC(C)(C)c1cccs1.I. The van der Waals surface area contributed by atoms with Crippen LogP contribution in [0.5, 0.6) is 0 Å². The van der Waals surface area contributed by atoms with Crippen molar-refractivity contribution < 1.29 is 4.79 Å². The second kappa shape index (κ2) is 9.76. The molecule has 0 saturated heterocycles. The third-order valence-corrected chi connectivity index (χ3v) is 5.02. The van der Waals surface area contributed by atoms with Gasteiger partial charge in [0, 0.05) is 36.0 Å². The number of guanidine groups is 1. The molecule has 0 aliphatic carbocycles. The molecule has 0 unspecified atom stereocenters. The van der Waals surface area contributed by atoms with Crippen molar-refractivity contribution in [3.05, 3.63) is 57.8 Å². The first-order valence-electron chi connectivity index (χ1n) is 7.79. The number of benzene rings is 1. The van der Waals surface area contributed by atoms with Crippen LogP contribution in [0.25, 0.3) is 0 Å². The van der Waals surface area contributed by atoms with Crippen LogP contribution >= 0.6 is 35.3 Å². The quantitative estimate of drug-likeness (QED) is 0.344. The lowest BCUT2D eigenvalue weighted by molar-refractivity contribution is 0.1000. The molecule has 0 atom stereocenters. The molecule has 0 bridgehead atoms. The number of hydrogen-bond donors (Lipinski definition) is 3. The van der Waals surface area contributed by atoms with E-state index in [1.807, 2.05) is 12.1 Å². The van der Waals surface area contributed by atoms with Gasteiger partial charge in [-0.25, -0.2) is 0 Å². The molecule has 1 aromatic heterocycles. The maximum atomic E-state index is 11.2. The number of primary amides is 1. The number of amides is 1. The van der Waals surface area contributed by atoms with Crippen LogP contribution < -0.4 is 16.4 Å². The van der Waals surface area contributed by atoms with Gasteiger partial charge in [-0.3, -0.25) is 9.79 Å². The summed E-state index contributed by atoms with van der Waals surface area (Å²) in [5.74, 6) is 0.307. The van der Waals surface area contributed by atoms with E-state index in [4.69, 9.17) is 5.73 Å². The Kier molecular flexibility index (Phi) is 8.37. The van der Waals surface area contributed by atoms with E-state index in [0.717, 1.165) is 18.1 Å². The third-order valence-electron chi connectivity index (χ3n) is 3.78. The summed E-state index contributed by atoms with van der Waals surface area (Å²) in [6.45, 7) is 5.75. The van der Waals surface area contributed by atoms with Crippen LogP contribution in [0.15, 0.2) is 46.8 Å². The molecule has 4 N–H and O–H groups in total. The fourth-order valence-corrected chi connectivity index (χ4v) is 3.15. The monoisotopic (exact) mass is 472 g/mol. The molecule has 2 aromatic rings. The van der Waals surface area contributed by atoms with Crippen LogP contribution in [0.1, 0.15) is 34.6 Å². The summed E-state index contributed by atoms with van der Waals surface area (Å²) in [7, 11) is 1.74. The second-order valence-electron chi connectivity index (χ2n) is 6.21. The topological polar surface area (TPSA) is 79.5 Å². The predicted molar refractivity (Wildman–Crippen MR) is 116 cm³/mol. The number of nitrogens with one attached hydrogen (secondary N) is 2. The average Bonchev–Trinajstić information content (AvgIpc) is 3.10. The number of thiophene rings is 1. The minimum Gasteiger partial charge on any atom is -0.366 e. The summed E-state index contributed by atoms with van der Waals surface area (Å²) < 4.78 is 0. The van der Waals surface area contributed by atoms with E-state index in [1.54, 1.807) is 30.5 Å². The number of carbonyl (C=O) groups is 1. The van der Waals surface area contributed by atoms with Crippen LogP contribution in [0, 0.1) is 0 Å². The van der Waals surface area contributed by atoms with E-state index in [-0.39, 0.29) is 29.4 Å². The Labute approximate surface area is 170 Å². The summed E-state index contributed by atoms with van der Waals surface area (Å²) in [5.41, 5.74) is 6.83. The molecule has 2 rings (SSSR count). The zero-order valence-corrected chi connectivity index (χ0v) is 17.9. The van der Waals surface area contributed by atoms with E-state index in [0.29, 0.717) is 12.1 Å². The van der Waals surface area contributed by atoms with Crippen molar-refractivity contribution in [3.63, 3.8) is 0 Å². The largest absolute Gasteiger partial charge is 0.366 e. The predicted octanol–water partition coefficient (Wildman–Crippen LogP) is 3.11. The van der Waals surface area contributed by atoms with Crippen molar-refractivity contribution in [2.24, 2.45) is 10.7 Å². The van der Waals surface area contributed by atoms with Gasteiger partial charge >= 0.3 is 0 Å². The fraction of sp³-hybridized carbons (Fsp3) is 0.333. The molecule has 0 spiro atoms. The number of nitrogens with zero attached hydrogens (tertiary/aromatic N) is 1. The van der Waals surface area contributed by atoms with Gasteiger partial charge in [0.15, 0.2) is 5.96 Å². The van der Waals surface area contributed by atoms with Gasteiger partial charge in [-0.05, 0) is 29.1 Å². The Hall–Kier alpha value is -1.61. The zero-order chi connectivity index (χ0) is 17.6. The highest BCUT2D eigenvalue weighted by Crippen LogP contribution is 2.26. The first-order chi connectivity index (χ1) is 11.4. The van der Waals surface area contributed by atoms with Gasteiger partial charge in [0.2, 0.25) is 5.91 Å². The van der Waals surface area contributed by atoms with Crippen LogP contribution in [0.4, 0.5) is 0 Å². The van der Waals surface area contributed by atoms with Gasteiger partial charge in [-0.1, -0.05) is 32.0 Å². The summed E-state index contributed by atoms with van der Waals surface area (Å²) in [5, 5.41) is 8.71. The molecular formula is C18H25IN4OS. The first-order valence-corrected chi connectivity index (χ1v) is 8.67. The molecule has 25 heavy (non-hydrogen) atoms. The molecule has 1 amide bonds. The van der Waals surface area contributed by atoms with Gasteiger partial charge in [-0.15, -0.1) is 35.3 Å². The average molecular weight is 472 g/mol. The lowest BCUT2D eigenvalue weighted by atomic mass is 9.91. The van der Waals surface area contributed by atoms with E-state index in [9.17, 15) is 4.79 Å². The van der Waals surface area contributed by atoms with Gasteiger partial charge < -0.3 is 16.4 Å².